The van der Waals surface area contributed by atoms with E-state index in [-0.39, 0.29) is 5.41 Å². The van der Waals surface area contributed by atoms with Crippen molar-refractivity contribution in [3.05, 3.63) is 0 Å². The Bertz CT molecular complexity index is 130. The van der Waals surface area contributed by atoms with Gasteiger partial charge in [-0.25, -0.2) is 0 Å². The van der Waals surface area contributed by atoms with E-state index < -0.39 is 8.32 Å². The predicted octanol–water partition coefficient (Wildman–Crippen LogP) is 3.66. The highest BCUT2D eigenvalue weighted by molar-refractivity contribution is 6.69. The van der Waals surface area contributed by atoms with Crippen LogP contribution in [-0.2, 0) is 4.43 Å². The highest BCUT2D eigenvalue weighted by Crippen LogP contribution is 2.27. The van der Waals surface area contributed by atoms with E-state index in [2.05, 4.69) is 47.3 Å². The van der Waals surface area contributed by atoms with Gasteiger partial charge in [0.2, 0.25) is 0 Å². The third-order valence-corrected chi connectivity index (χ3v) is 2.82. The smallest absolute Gasteiger partial charge is 0.184 e. The Morgan fingerprint density at radius 1 is 1.17 bits per heavy atom. The summed E-state index contributed by atoms with van der Waals surface area (Å²) >= 11 is 0. The van der Waals surface area contributed by atoms with Crippen LogP contribution in [0.15, 0.2) is 0 Å². The zero-order valence-corrected chi connectivity index (χ0v) is 10.7. The molecule has 1 nitrogen and oxygen atoms in total. The molecule has 1 atom stereocenters. The van der Waals surface area contributed by atoms with Gasteiger partial charge in [-0.15, -0.1) is 0 Å². The maximum Gasteiger partial charge on any atom is 0.184 e. The van der Waals surface area contributed by atoms with E-state index in [4.69, 9.17) is 4.43 Å². The van der Waals surface area contributed by atoms with Crippen molar-refractivity contribution in [2.45, 2.75) is 59.9 Å². The van der Waals surface area contributed by atoms with Gasteiger partial charge in [0.05, 0.1) is 0 Å². The van der Waals surface area contributed by atoms with Gasteiger partial charge >= 0.3 is 0 Å². The summed E-state index contributed by atoms with van der Waals surface area (Å²) in [5, 5.41) is 0. The van der Waals surface area contributed by atoms with E-state index in [0.29, 0.717) is 6.10 Å². The van der Waals surface area contributed by atoms with Crippen LogP contribution in [0.4, 0.5) is 0 Å². The van der Waals surface area contributed by atoms with Crippen molar-refractivity contribution in [2.75, 3.05) is 0 Å². The Morgan fingerprint density at radius 2 is 1.58 bits per heavy atom. The summed E-state index contributed by atoms with van der Waals surface area (Å²) in [5.41, 5.74) is 0.287. The summed E-state index contributed by atoms with van der Waals surface area (Å²) in [6.07, 6.45) is 1.54. The van der Waals surface area contributed by atoms with Gasteiger partial charge in [0, 0.05) is 6.10 Å². The fraction of sp³-hybridized carbons (Fsp3) is 1.00. The normalized spacial score (nSPS) is 16.2. The lowest BCUT2D eigenvalue weighted by Crippen LogP contribution is -2.38. The Kier molecular flexibility index (Phi) is 3.98. The molecule has 0 aliphatic heterocycles. The predicted molar refractivity (Wildman–Crippen MR) is 58.0 cm³/mol. The molecule has 0 aliphatic rings. The third kappa shape index (κ3) is 4.94. The molecular weight excluding hydrogens is 164 g/mol. The van der Waals surface area contributed by atoms with E-state index in [0.717, 1.165) is 6.42 Å². The van der Waals surface area contributed by atoms with Gasteiger partial charge in [0.25, 0.3) is 0 Å². The highest BCUT2D eigenvalue weighted by atomic mass is 28.4. The largest absolute Gasteiger partial charge is 0.414 e. The first-order chi connectivity index (χ1) is 5.17. The van der Waals surface area contributed by atoms with Crippen LogP contribution in [0.2, 0.25) is 19.6 Å². The number of hydrogen-bond acceptors (Lipinski definition) is 1. The molecule has 0 fully saturated rings. The Morgan fingerprint density at radius 3 is 1.67 bits per heavy atom. The van der Waals surface area contributed by atoms with Crippen LogP contribution in [-0.4, -0.2) is 14.4 Å². The summed E-state index contributed by atoms with van der Waals surface area (Å²) < 4.78 is 6.09. The molecule has 12 heavy (non-hydrogen) atoms. The van der Waals surface area contributed by atoms with Gasteiger partial charge in [-0.1, -0.05) is 27.7 Å². The van der Waals surface area contributed by atoms with Crippen molar-refractivity contribution in [2.24, 2.45) is 5.41 Å². The van der Waals surface area contributed by atoms with Crippen LogP contribution in [0.3, 0.4) is 0 Å². The van der Waals surface area contributed by atoms with E-state index in [1.807, 2.05) is 0 Å². The van der Waals surface area contributed by atoms with E-state index in [1.165, 1.54) is 0 Å². The lowest BCUT2D eigenvalue weighted by molar-refractivity contribution is 0.0766. The van der Waals surface area contributed by atoms with Crippen LogP contribution in [0.5, 0.6) is 0 Å². The molecule has 0 bridgehead atoms. The summed E-state index contributed by atoms with van der Waals surface area (Å²) in [6.45, 7) is 15.7. The quantitative estimate of drug-likeness (QED) is 0.614. The topological polar surface area (TPSA) is 9.23 Å². The molecule has 0 N–H and O–H groups in total. The van der Waals surface area contributed by atoms with Crippen molar-refractivity contribution in [3.63, 3.8) is 0 Å². The molecule has 0 heterocycles. The molecular formula is C10H24OSi. The molecule has 0 spiro atoms. The van der Waals surface area contributed by atoms with E-state index >= 15 is 0 Å². The maximum atomic E-state index is 6.09. The fourth-order valence-electron chi connectivity index (χ4n) is 1.30. The Hall–Kier alpha value is 0.177. The summed E-state index contributed by atoms with van der Waals surface area (Å²) in [4.78, 5) is 0. The monoisotopic (exact) mass is 188 g/mol. The zero-order chi connectivity index (χ0) is 9.99. The summed E-state index contributed by atoms with van der Waals surface area (Å²) in [7, 11) is -1.35. The molecule has 0 radical (unpaired) electrons. The SMILES string of the molecule is CCC(O[Si](C)(C)C)C(C)(C)C. The fourth-order valence-corrected chi connectivity index (χ4v) is 2.67. The van der Waals surface area contributed by atoms with Crippen LogP contribution >= 0.6 is 0 Å². The average Bonchev–Trinajstić information content (AvgIpc) is 1.78. The zero-order valence-electron chi connectivity index (χ0n) is 9.69. The van der Waals surface area contributed by atoms with Gasteiger partial charge in [-0.3, -0.25) is 0 Å². The van der Waals surface area contributed by atoms with Gasteiger partial charge in [-0.2, -0.15) is 0 Å². The standard InChI is InChI=1S/C10H24OSi/c1-8-9(10(2,3)4)11-12(5,6)7/h9H,8H2,1-7H3. The minimum Gasteiger partial charge on any atom is -0.414 e. The number of hydrogen-bond donors (Lipinski definition) is 0. The third-order valence-electron chi connectivity index (χ3n) is 1.83. The molecule has 0 rings (SSSR count). The first-order valence-electron chi connectivity index (χ1n) is 4.84. The average molecular weight is 188 g/mol. The van der Waals surface area contributed by atoms with Crippen molar-refractivity contribution >= 4 is 8.32 Å². The van der Waals surface area contributed by atoms with E-state index in [1.54, 1.807) is 0 Å². The lowest BCUT2D eigenvalue weighted by atomic mass is 9.88. The van der Waals surface area contributed by atoms with Crippen LogP contribution < -0.4 is 0 Å². The van der Waals surface area contributed by atoms with Crippen molar-refractivity contribution < 1.29 is 4.43 Å². The first kappa shape index (κ1) is 12.2. The molecule has 1 unspecified atom stereocenters. The van der Waals surface area contributed by atoms with Gasteiger partial charge in [0.1, 0.15) is 0 Å². The van der Waals surface area contributed by atoms with Crippen LogP contribution in [0.25, 0.3) is 0 Å². The van der Waals surface area contributed by atoms with Crippen LogP contribution in [0.1, 0.15) is 34.1 Å². The summed E-state index contributed by atoms with van der Waals surface area (Å²) in [6, 6.07) is 0. The van der Waals surface area contributed by atoms with Gasteiger partial charge in [-0.05, 0) is 31.5 Å². The van der Waals surface area contributed by atoms with Gasteiger partial charge < -0.3 is 4.43 Å². The van der Waals surface area contributed by atoms with Gasteiger partial charge in [0.15, 0.2) is 8.32 Å². The molecule has 0 amide bonds. The molecule has 0 aromatic carbocycles. The maximum absolute atomic E-state index is 6.09. The Balaban J connectivity index is 4.20. The van der Waals surface area contributed by atoms with Crippen molar-refractivity contribution in [1.29, 1.82) is 0 Å². The van der Waals surface area contributed by atoms with Crippen LogP contribution in [0, 0.1) is 5.41 Å². The lowest BCUT2D eigenvalue weighted by Gasteiger charge is -2.35. The first-order valence-corrected chi connectivity index (χ1v) is 8.25. The second-order valence-electron chi connectivity index (χ2n) is 5.49. The molecule has 0 saturated carbocycles. The number of rotatable bonds is 3. The minimum atomic E-state index is -1.35. The molecule has 0 aromatic heterocycles. The minimum absolute atomic E-state index is 0.287. The van der Waals surface area contributed by atoms with Crippen molar-refractivity contribution in [1.82, 2.24) is 0 Å². The Labute approximate surface area is 78.6 Å². The second-order valence-corrected chi connectivity index (χ2v) is 9.95. The summed E-state index contributed by atoms with van der Waals surface area (Å²) in [5.74, 6) is 0. The molecule has 0 aliphatic carbocycles. The molecule has 0 aromatic rings. The highest BCUT2D eigenvalue weighted by Gasteiger charge is 2.28. The molecule has 0 saturated heterocycles. The molecule has 74 valence electrons. The van der Waals surface area contributed by atoms with E-state index in [9.17, 15) is 0 Å². The van der Waals surface area contributed by atoms with Crippen molar-refractivity contribution in [3.8, 4) is 0 Å². The second kappa shape index (κ2) is 3.92. The molecule has 2 heteroatoms.